The molecule has 0 aromatic heterocycles. The second kappa shape index (κ2) is 6.69. The Labute approximate surface area is 120 Å². The monoisotopic (exact) mass is 321 g/mol. The van der Waals surface area contributed by atoms with Gasteiger partial charge in [0.2, 0.25) is 10.0 Å². The Bertz CT molecular complexity index is 628. The highest BCUT2D eigenvalue weighted by Gasteiger charge is 2.19. The molecule has 0 spiro atoms. The number of carboxylic acid groups (broad SMARTS) is 1. The average Bonchev–Trinajstić information content (AvgIpc) is 2.36. The Morgan fingerprint density at radius 3 is 2.55 bits per heavy atom. The molecule has 0 unspecified atom stereocenters. The molecule has 0 saturated heterocycles. The molecule has 2 N–H and O–H groups in total. The van der Waals surface area contributed by atoms with E-state index in [0.717, 1.165) is 12.1 Å². The van der Waals surface area contributed by atoms with Crippen LogP contribution in [0.1, 0.15) is 17.3 Å². The molecule has 20 heavy (non-hydrogen) atoms. The quantitative estimate of drug-likeness (QED) is 0.753. The van der Waals surface area contributed by atoms with Crippen molar-refractivity contribution in [1.29, 1.82) is 0 Å². The maximum Gasteiger partial charge on any atom is 0.338 e. The molecule has 9 heteroatoms. The molecule has 0 aliphatic carbocycles. The molecular weight excluding hydrogens is 310 g/mol. The number of ether oxygens (including phenoxy) is 1. The van der Waals surface area contributed by atoms with Gasteiger partial charge in [-0.3, -0.25) is 4.79 Å². The average molecular weight is 322 g/mol. The molecule has 0 radical (unpaired) electrons. The van der Waals surface area contributed by atoms with Gasteiger partial charge in [-0.25, -0.2) is 13.2 Å². The van der Waals surface area contributed by atoms with Crippen molar-refractivity contribution in [2.75, 3.05) is 13.2 Å². The lowest BCUT2D eigenvalue weighted by atomic mass is 10.2. The summed E-state index contributed by atoms with van der Waals surface area (Å²) in [5, 5.41) is 8.48. The van der Waals surface area contributed by atoms with Crippen LogP contribution in [0.15, 0.2) is 23.1 Å². The van der Waals surface area contributed by atoms with Crippen LogP contribution in [0.2, 0.25) is 5.02 Å². The fourth-order valence-electron chi connectivity index (χ4n) is 1.29. The predicted octanol–water partition coefficient (Wildman–Crippen LogP) is 0.880. The Morgan fingerprint density at radius 1 is 1.35 bits per heavy atom. The minimum atomic E-state index is -4.07. The van der Waals surface area contributed by atoms with Gasteiger partial charge in [0.05, 0.1) is 17.1 Å². The standard InChI is InChI=1S/C11H12ClNO6S/c1-2-19-11(16)7-3-8(12)5-9(4-7)20(17,18)13-6-10(14)15/h3-5,13H,2,6H2,1H3,(H,14,15). The number of halogens is 1. The maximum absolute atomic E-state index is 11.8. The second-order valence-electron chi connectivity index (χ2n) is 3.61. The summed E-state index contributed by atoms with van der Waals surface area (Å²) in [5.41, 5.74) is -0.0324. The molecular formula is C11H12ClNO6S. The smallest absolute Gasteiger partial charge is 0.338 e. The Kier molecular flexibility index (Phi) is 5.49. The molecule has 1 aromatic rings. The van der Waals surface area contributed by atoms with Crippen LogP contribution in [0.5, 0.6) is 0 Å². The minimum absolute atomic E-state index is 0.0197. The summed E-state index contributed by atoms with van der Waals surface area (Å²) < 4.78 is 30.3. The molecule has 7 nitrogen and oxygen atoms in total. The van der Waals surface area contributed by atoms with E-state index in [0.29, 0.717) is 0 Å². The molecule has 0 aliphatic heterocycles. The van der Waals surface area contributed by atoms with Crippen molar-refractivity contribution in [1.82, 2.24) is 4.72 Å². The van der Waals surface area contributed by atoms with Gasteiger partial charge in [-0.2, -0.15) is 4.72 Å². The van der Waals surface area contributed by atoms with Crippen molar-refractivity contribution in [2.24, 2.45) is 0 Å². The van der Waals surface area contributed by atoms with Crippen molar-refractivity contribution in [3.8, 4) is 0 Å². The minimum Gasteiger partial charge on any atom is -0.480 e. The van der Waals surface area contributed by atoms with Gasteiger partial charge < -0.3 is 9.84 Å². The summed E-state index contributed by atoms with van der Waals surface area (Å²) in [7, 11) is -4.07. The van der Waals surface area contributed by atoms with Crippen molar-refractivity contribution in [3.63, 3.8) is 0 Å². The van der Waals surface area contributed by atoms with Crippen LogP contribution in [-0.4, -0.2) is 38.6 Å². The third kappa shape index (κ3) is 4.48. The van der Waals surface area contributed by atoms with Gasteiger partial charge in [-0.05, 0) is 25.1 Å². The zero-order valence-corrected chi connectivity index (χ0v) is 12.0. The first-order valence-electron chi connectivity index (χ1n) is 5.45. The number of nitrogens with one attached hydrogen (secondary N) is 1. The van der Waals surface area contributed by atoms with Crippen molar-refractivity contribution in [2.45, 2.75) is 11.8 Å². The number of sulfonamides is 1. The summed E-state index contributed by atoms with van der Waals surface area (Å²) in [5.74, 6) is -2.05. The van der Waals surface area contributed by atoms with E-state index >= 15 is 0 Å². The molecule has 0 amide bonds. The Hall–Kier alpha value is -1.64. The number of esters is 1. The number of benzene rings is 1. The molecule has 0 saturated carbocycles. The highest BCUT2D eigenvalue weighted by Crippen LogP contribution is 2.19. The summed E-state index contributed by atoms with van der Waals surface area (Å²) >= 11 is 5.75. The molecule has 110 valence electrons. The number of carbonyl (C=O) groups is 2. The molecule has 0 fully saturated rings. The molecule has 0 aliphatic rings. The van der Waals surface area contributed by atoms with Gasteiger partial charge in [-0.1, -0.05) is 11.6 Å². The normalized spacial score (nSPS) is 11.1. The number of aliphatic carboxylic acids is 1. The van der Waals surface area contributed by atoms with E-state index in [1.165, 1.54) is 6.07 Å². The lowest BCUT2D eigenvalue weighted by molar-refractivity contribution is -0.135. The molecule has 0 atom stereocenters. The Balaban J connectivity index is 3.12. The van der Waals surface area contributed by atoms with Crippen LogP contribution in [0.25, 0.3) is 0 Å². The van der Waals surface area contributed by atoms with Gasteiger partial charge in [0.15, 0.2) is 0 Å². The third-order valence-corrected chi connectivity index (χ3v) is 3.71. The van der Waals surface area contributed by atoms with Crippen molar-refractivity contribution >= 4 is 33.6 Å². The van der Waals surface area contributed by atoms with Crippen LogP contribution >= 0.6 is 11.6 Å². The summed E-state index contributed by atoms with van der Waals surface area (Å²) in [6, 6.07) is 3.43. The summed E-state index contributed by atoms with van der Waals surface area (Å²) in [6.07, 6.45) is 0. The maximum atomic E-state index is 11.8. The lowest BCUT2D eigenvalue weighted by Crippen LogP contribution is -2.29. The van der Waals surface area contributed by atoms with E-state index in [2.05, 4.69) is 0 Å². The molecule has 1 aromatic carbocycles. The number of carboxylic acids is 1. The number of hydrogen-bond acceptors (Lipinski definition) is 5. The van der Waals surface area contributed by atoms with Crippen LogP contribution in [0.3, 0.4) is 0 Å². The third-order valence-electron chi connectivity index (χ3n) is 2.11. The second-order valence-corrected chi connectivity index (χ2v) is 5.82. The summed E-state index contributed by atoms with van der Waals surface area (Å²) in [4.78, 5) is 21.6. The van der Waals surface area contributed by atoms with Gasteiger partial charge >= 0.3 is 11.9 Å². The first-order valence-corrected chi connectivity index (χ1v) is 7.31. The van der Waals surface area contributed by atoms with Crippen molar-refractivity contribution < 1.29 is 27.9 Å². The predicted molar refractivity (Wildman–Crippen MR) is 70.2 cm³/mol. The fraction of sp³-hybridized carbons (Fsp3) is 0.273. The Morgan fingerprint density at radius 2 is 2.00 bits per heavy atom. The molecule has 0 bridgehead atoms. The van der Waals surface area contributed by atoms with E-state index < -0.39 is 28.5 Å². The fourth-order valence-corrected chi connectivity index (χ4v) is 2.63. The van der Waals surface area contributed by atoms with E-state index in [1.807, 2.05) is 4.72 Å². The van der Waals surface area contributed by atoms with E-state index in [1.54, 1.807) is 6.92 Å². The van der Waals surface area contributed by atoms with Gasteiger partial charge in [0.25, 0.3) is 0 Å². The van der Waals surface area contributed by atoms with E-state index in [4.69, 9.17) is 21.4 Å². The zero-order chi connectivity index (χ0) is 15.3. The van der Waals surface area contributed by atoms with E-state index in [9.17, 15) is 18.0 Å². The number of rotatable bonds is 6. The van der Waals surface area contributed by atoms with Gasteiger partial charge in [0.1, 0.15) is 6.54 Å². The molecule has 0 heterocycles. The molecule has 1 rings (SSSR count). The highest BCUT2D eigenvalue weighted by molar-refractivity contribution is 7.89. The largest absolute Gasteiger partial charge is 0.480 e. The van der Waals surface area contributed by atoms with Crippen LogP contribution in [-0.2, 0) is 19.6 Å². The van der Waals surface area contributed by atoms with Crippen LogP contribution < -0.4 is 4.72 Å². The number of carbonyl (C=O) groups excluding carboxylic acids is 1. The van der Waals surface area contributed by atoms with Gasteiger partial charge in [0, 0.05) is 5.02 Å². The van der Waals surface area contributed by atoms with Crippen LogP contribution in [0, 0.1) is 0 Å². The first-order chi connectivity index (χ1) is 9.26. The topological polar surface area (TPSA) is 110 Å². The van der Waals surface area contributed by atoms with Gasteiger partial charge in [-0.15, -0.1) is 0 Å². The zero-order valence-electron chi connectivity index (χ0n) is 10.4. The van der Waals surface area contributed by atoms with Crippen LogP contribution in [0.4, 0.5) is 0 Å². The lowest BCUT2D eigenvalue weighted by Gasteiger charge is -2.08. The summed E-state index contributed by atoms with van der Waals surface area (Å²) in [6.45, 7) is 0.961. The van der Waals surface area contributed by atoms with Crippen molar-refractivity contribution in [3.05, 3.63) is 28.8 Å². The number of hydrogen-bond donors (Lipinski definition) is 2. The first kappa shape index (κ1) is 16.4. The SMILES string of the molecule is CCOC(=O)c1cc(Cl)cc(S(=O)(=O)NCC(=O)O)c1. The highest BCUT2D eigenvalue weighted by atomic mass is 35.5. The van der Waals surface area contributed by atoms with E-state index in [-0.39, 0.29) is 22.1 Å².